The smallest absolute Gasteiger partial charge is 0.410 e. The molecule has 1 aliphatic heterocycles. The van der Waals surface area contributed by atoms with Crippen molar-refractivity contribution >= 4 is 6.09 Å². The Morgan fingerprint density at radius 3 is 2.75 bits per heavy atom. The van der Waals surface area contributed by atoms with Crippen molar-refractivity contribution in [2.75, 3.05) is 13.1 Å². The van der Waals surface area contributed by atoms with E-state index < -0.39 is 0 Å². The van der Waals surface area contributed by atoms with Gasteiger partial charge < -0.3 is 9.58 Å². The summed E-state index contributed by atoms with van der Waals surface area (Å²) in [7, 11) is 0. The van der Waals surface area contributed by atoms with Crippen LogP contribution in [0.25, 0.3) is 4.85 Å². The van der Waals surface area contributed by atoms with Crippen LogP contribution in [0.15, 0.2) is 30.3 Å². The number of hydrogen-bond acceptors (Lipinski definition) is 2. The summed E-state index contributed by atoms with van der Waals surface area (Å²) in [4.78, 5) is 16.4. The van der Waals surface area contributed by atoms with Crippen molar-refractivity contribution in [3.63, 3.8) is 0 Å². The molecule has 0 radical (unpaired) electrons. The summed E-state index contributed by atoms with van der Waals surface area (Å²) in [6.45, 7) is 8.06. The number of benzene rings is 1. The third-order valence-electron chi connectivity index (χ3n) is 2.51. The van der Waals surface area contributed by atoms with Crippen LogP contribution in [0, 0.1) is 6.57 Å². The number of carbonyl (C=O) groups excluding carboxylic acids is 1. The Kier molecular flexibility index (Phi) is 3.06. The van der Waals surface area contributed by atoms with Crippen molar-refractivity contribution in [1.82, 2.24) is 4.90 Å². The van der Waals surface area contributed by atoms with E-state index in [1.165, 1.54) is 0 Å². The highest BCUT2D eigenvalue weighted by atomic mass is 16.6. The Morgan fingerprint density at radius 2 is 2.12 bits per heavy atom. The van der Waals surface area contributed by atoms with Crippen LogP contribution in [0.3, 0.4) is 0 Å². The first kappa shape index (κ1) is 10.5. The maximum absolute atomic E-state index is 11.5. The predicted molar refractivity (Wildman–Crippen MR) is 58.6 cm³/mol. The van der Waals surface area contributed by atoms with Crippen molar-refractivity contribution in [3.05, 3.63) is 47.3 Å². The minimum atomic E-state index is -0.330. The lowest BCUT2D eigenvalue weighted by molar-refractivity contribution is 0.0727. The molecule has 0 bridgehead atoms. The third kappa shape index (κ3) is 2.31. The molecule has 1 saturated heterocycles. The molecule has 2 rings (SSSR count). The van der Waals surface area contributed by atoms with Crippen LogP contribution in [-0.4, -0.2) is 30.1 Å². The van der Waals surface area contributed by atoms with Crippen LogP contribution in [0.1, 0.15) is 5.56 Å². The van der Waals surface area contributed by atoms with E-state index in [4.69, 9.17) is 11.3 Å². The average molecular weight is 216 g/mol. The Morgan fingerprint density at radius 1 is 1.44 bits per heavy atom. The summed E-state index contributed by atoms with van der Waals surface area (Å²) >= 11 is 0. The van der Waals surface area contributed by atoms with Crippen LogP contribution in [0.5, 0.6) is 0 Å². The molecule has 0 spiro atoms. The molecule has 1 aromatic rings. The van der Waals surface area contributed by atoms with Crippen LogP contribution < -0.4 is 0 Å². The lowest BCUT2D eigenvalue weighted by Crippen LogP contribution is -2.52. The first-order chi connectivity index (χ1) is 7.79. The Labute approximate surface area is 94.3 Å². The first-order valence-corrected chi connectivity index (χ1v) is 5.12. The molecule has 0 atom stereocenters. The Balaban J connectivity index is 1.76. The molecule has 0 aromatic heterocycles. The number of carbonyl (C=O) groups is 1. The van der Waals surface area contributed by atoms with Gasteiger partial charge in [-0.2, -0.15) is 0 Å². The maximum atomic E-state index is 11.5. The average Bonchev–Trinajstić information content (AvgIpc) is 2.26. The van der Waals surface area contributed by atoms with E-state index >= 15 is 0 Å². The summed E-state index contributed by atoms with van der Waals surface area (Å²) in [5.41, 5.74) is 0.970. The summed E-state index contributed by atoms with van der Waals surface area (Å²) in [5.74, 6) is 0. The van der Waals surface area contributed by atoms with Crippen molar-refractivity contribution in [1.29, 1.82) is 0 Å². The van der Waals surface area contributed by atoms with Gasteiger partial charge in [0.1, 0.15) is 19.7 Å². The highest BCUT2D eigenvalue weighted by Gasteiger charge is 2.36. The van der Waals surface area contributed by atoms with Gasteiger partial charge in [0.2, 0.25) is 0 Å². The van der Waals surface area contributed by atoms with E-state index in [1.54, 1.807) is 4.90 Å². The van der Waals surface area contributed by atoms with Crippen molar-refractivity contribution in [2.24, 2.45) is 0 Å². The van der Waals surface area contributed by atoms with Gasteiger partial charge >= 0.3 is 6.09 Å². The van der Waals surface area contributed by atoms with E-state index in [0.717, 1.165) is 5.56 Å². The number of amides is 1. The fourth-order valence-corrected chi connectivity index (χ4v) is 1.50. The fourth-order valence-electron chi connectivity index (χ4n) is 1.50. The SMILES string of the molecule is [C-]#[N+]C1CN(C(=O)OCc2ccccc2)C1. The molecule has 0 aliphatic carbocycles. The van der Waals surface area contributed by atoms with Gasteiger partial charge in [-0.1, -0.05) is 30.3 Å². The summed E-state index contributed by atoms with van der Waals surface area (Å²) < 4.78 is 5.11. The van der Waals surface area contributed by atoms with Gasteiger partial charge in [-0.05, 0) is 5.56 Å². The largest absolute Gasteiger partial charge is 0.445 e. The van der Waals surface area contributed by atoms with Gasteiger partial charge in [0.25, 0.3) is 6.04 Å². The zero-order valence-corrected chi connectivity index (χ0v) is 8.80. The summed E-state index contributed by atoms with van der Waals surface area (Å²) in [5, 5.41) is 0. The zero-order chi connectivity index (χ0) is 11.4. The quantitative estimate of drug-likeness (QED) is 0.708. The minimum Gasteiger partial charge on any atom is -0.445 e. The third-order valence-corrected chi connectivity index (χ3v) is 2.51. The molecule has 1 aromatic carbocycles. The fraction of sp³-hybridized carbons (Fsp3) is 0.333. The van der Waals surface area contributed by atoms with Gasteiger partial charge in [-0.25, -0.2) is 11.4 Å². The van der Waals surface area contributed by atoms with Gasteiger partial charge in [0.15, 0.2) is 0 Å². The number of rotatable bonds is 2. The molecule has 1 aliphatic rings. The van der Waals surface area contributed by atoms with Crippen LogP contribution >= 0.6 is 0 Å². The van der Waals surface area contributed by atoms with Gasteiger partial charge in [0.05, 0.1) is 0 Å². The van der Waals surface area contributed by atoms with E-state index in [2.05, 4.69) is 4.85 Å². The van der Waals surface area contributed by atoms with Gasteiger partial charge in [-0.3, -0.25) is 4.90 Å². The second-order valence-corrected chi connectivity index (χ2v) is 3.73. The lowest BCUT2D eigenvalue weighted by atomic mass is 10.1. The van der Waals surface area contributed by atoms with Crippen LogP contribution in [0.2, 0.25) is 0 Å². The Bertz CT molecular complexity index is 405. The topological polar surface area (TPSA) is 33.9 Å². The number of hydrogen-bond donors (Lipinski definition) is 0. The first-order valence-electron chi connectivity index (χ1n) is 5.12. The van der Waals surface area contributed by atoms with Gasteiger partial charge in [0, 0.05) is 0 Å². The Hall–Kier alpha value is -2.02. The molecule has 1 fully saturated rings. The highest BCUT2D eigenvalue weighted by molar-refractivity contribution is 5.69. The molecule has 4 heteroatoms. The zero-order valence-electron chi connectivity index (χ0n) is 8.80. The van der Waals surface area contributed by atoms with Crippen molar-refractivity contribution in [2.45, 2.75) is 12.6 Å². The summed E-state index contributed by atoms with van der Waals surface area (Å²) in [6.07, 6.45) is -0.330. The summed E-state index contributed by atoms with van der Waals surface area (Å²) in [6, 6.07) is 9.51. The monoisotopic (exact) mass is 216 g/mol. The van der Waals surface area contributed by atoms with Crippen LogP contribution in [-0.2, 0) is 11.3 Å². The molecular formula is C12H12N2O2. The molecule has 82 valence electrons. The second kappa shape index (κ2) is 4.67. The van der Waals surface area contributed by atoms with E-state index in [9.17, 15) is 4.79 Å². The molecule has 0 saturated carbocycles. The number of ether oxygens (including phenoxy) is 1. The number of nitrogens with zero attached hydrogens (tertiary/aromatic N) is 2. The second-order valence-electron chi connectivity index (χ2n) is 3.73. The van der Waals surface area contributed by atoms with E-state index in [0.29, 0.717) is 19.7 Å². The van der Waals surface area contributed by atoms with Crippen molar-refractivity contribution < 1.29 is 9.53 Å². The van der Waals surface area contributed by atoms with E-state index in [1.807, 2.05) is 30.3 Å². The van der Waals surface area contributed by atoms with Gasteiger partial charge in [-0.15, -0.1) is 0 Å². The molecule has 1 amide bonds. The standard InChI is InChI=1S/C12H12N2O2/c1-13-11-7-14(8-11)12(15)16-9-10-5-3-2-4-6-10/h2-6,11H,7-9H2. The van der Waals surface area contributed by atoms with Crippen molar-refractivity contribution in [3.8, 4) is 0 Å². The lowest BCUT2D eigenvalue weighted by Gasteiger charge is -2.30. The molecule has 1 heterocycles. The maximum Gasteiger partial charge on any atom is 0.410 e. The molecule has 16 heavy (non-hydrogen) atoms. The van der Waals surface area contributed by atoms with Crippen LogP contribution in [0.4, 0.5) is 4.79 Å². The molecule has 4 nitrogen and oxygen atoms in total. The molecular weight excluding hydrogens is 204 g/mol. The normalized spacial score (nSPS) is 15.1. The molecule has 0 N–H and O–H groups in total. The molecule has 0 unspecified atom stereocenters. The highest BCUT2D eigenvalue weighted by Crippen LogP contribution is 2.13. The predicted octanol–water partition coefficient (Wildman–Crippen LogP) is 1.93. The van der Waals surface area contributed by atoms with E-state index in [-0.39, 0.29) is 12.1 Å². The number of likely N-dealkylation sites (tertiary alicyclic amines) is 1. The minimum absolute atomic E-state index is 0.0377.